The molecule has 2 atom stereocenters. The molecule has 12 heteroatoms. The number of amides is 2. The minimum Gasteiger partial charge on any atom is -0.370 e. The maximum absolute atomic E-state index is 12.5. The van der Waals surface area contributed by atoms with Crippen molar-refractivity contribution in [3.05, 3.63) is 23.9 Å². The number of pyridine rings is 1. The van der Waals surface area contributed by atoms with Crippen LogP contribution >= 0.6 is 0 Å². The van der Waals surface area contributed by atoms with E-state index in [1.165, 1.54) is 11.0 Å². The van der Waals surface area contributed by atoms with Gasteiger partial charge in [-0.05, 0) is 25.0 Å². The Hall–Kier alpha value is -2.37. The van der Waals surface area contributed by atoms with Gasteiger partial charge in [0, 0.05) is 38.3 Å². The summed E-state index contributed by atoms with van der Waals surface area (Å²) < 4.78 is 60.7. The summed E-state index contributed by atoms with van der Waals surface area (Å²) in [5.74, 6) is -0.648. The van der Waals surface area contributed by atoms with Gasteiger partial charge in [-0.15, -0.1) is 0 Å². The highest BCUT2D eigenvalue weighted by Crippen LogP contribution is 2.29. The highest BCUT2D eigenvalue weighted by atomic mass is 32.2. The molecule has 2 amide bonds. The molecule has 0 saturated carbocycles. The van der Waals surface area contributed by atoms with Crippen molar-refractivity contribution in [3.63, 3.8) is 0 Å². The van der Waals surface area contributed by atoms with Crippen LogP contribution in [0.5, 0.6) is 0 Å². The van der Waals surface area contributed by atoms with Crippen LogP contribution in [-0.2, 0) is 25.6 Å². The SMILES string of the molecule is O=C(NCCCNc1ccc(C(F)(F)F)cn1)C1CC(=O)N(C2CCS(=O)(=O)C2)C1. The molecule has 8 nitrogen and oxygen atoms in total. The van der Waals surface area contributed by atoms with E-state index in [0.717, 1.165) is 12.3 Å². The summed E-state index contributed by atoms with van der Waals surface area (Å²) in [6, 6.07) is 1.83. The molecule has 2 N–H and O–H groups in total. The molecular formula is C18H23F3N4O4S. The Morgan fingerprint density at radius 3 is 2.63 bits per heavy atom. The first kappa shape index (κ1) is 22.3. The van der Waals surface area contributed by atoms with Gasteiger partial charge >= 0.3 is 6.18 Å². The zero-order valence-corrected chi connectivity index (χ0v) is 16.9. The number of nitrogens with zero attached hydrogens (tertiary/aromatic N) is 2. The standard InChI is InChI=1S/C18H23F3N4O4S/c19-18(20,21)13-2-3-15(24-9-13)22-5-1-6-23-17(27)12-8-16(26)25(10-12)14-4-7-30(28,29)11-14/h2-3,9,12,14H,1,4-8,10-11H2,(H,22,24)(H,23,27). The monoisotopic (exact) mass is 448 g/mol. The molecule has 30 heavy (non-hydrogen) atoms. The molecule has 0 spiro atoms. The predicted octanol–water partition coefficient (Wildman–Crippen LogP) is 1.05. The number of sulfone groups is 1. The van der Waals surface area contributed by atoms with Crippen LogP contribution in [0.2, 0.25) is 0 Å². The Bertz CT molecular complexity index is 890. The molecule has 2 aliphatic rings. The number of hydrogen-bond donors (Lipinski definition) is 2. The molecular weight excluding hydrogens is 425 g/mol. The van der Waals surface area contributed by atoms with Crippen molar-refractivity contribution >= 4 is 27.5 Å². The third kappa shape index (κ3) is 5.61. The van der Waals surface area contributed by atoms with E-state index in [-0.39, 0.29) is 42.3 Å². The molecule has 1 aromatic rings. The number of rotatable bonds is 7. The second-order valence-corrected chi connectivity index (χ2v) is 9.73. The Balaban J connectivity index is 1.36. The molecule has 0 bridgehead atoms. The van der Waals surface area contributed by atoms with Crippen LogP contribution in [0.3, 0.4) is 0 Å². The third-order valence-electron chi connectivity index (χ3n) is 5.23. The molecule has 2 fully saturated rings. The van der Waals surface area contributed by atoms with Crippen LogP contribution in [0, 0.1) is 5.92 Å². The summed E-state index contributed by atoms with van der Waals surface area (Å²) in [5.41, 5.74) is -0.823. The van der Waals surface area contributed by atoms with Gasteiger partial charge in [-0.25, -0.2) is 13.4 Å². The number of hydrogen-bond acceptors (Lipinski definition) is 6. The third-order valence-corrected chi connectivity index (χ3v) is 6.98. The van der Waals surface area contributed by atoms with Gasteiger partial charge in [-0.1, -0.05) is 0 Å². The van der Waals surface area contributed by atoms with Gasteiger partial charge in [0.1, 0.15) is 5.82 Å². The number of carbonyl (C=O) groups excluding carboxylic acids is 2. The minimum atomic E-state index is -4.43. The highest BCUT2D eigenvalue weighted by molar-refractivity contribution is 7.91. The van der Waals surface area contributed by atoms with E-state index in [4.69, 9.17) is 0 Å². The second kappa shape index (κ2) is 8.78. The molecule has 3 rings (SSSR count). The molecule has 0 aliphatic carbocycles. The van der Waals surface area contributed by atoms with Crippen LogP contribution in [0.15, 0.2) is 18.3 Å². The molecule has 0 radical (unpaired) electrons. The minimum absolute atomic E-state index is 0.0449. The number of aromatic nitrogens is 1. The number of alkyl halides is 3. The van der Waals surface area contributed by atoms with Crippen molar-refractivity contribution in [2.45, 2.75) is 31.5 Å². The fraction of sp³-hybridized carbons (Fsp3) is 0.611. The average molecular weight is 448 g/mol. The highest BCUT2D eigenvalue weighted by Gasteiger charge is 2.41. The van der Waals surface area contributed by atoms with E-state index in [1.807, 2.05) is 0 Å². The van der Waals surface area contributed by atoms with Crippen molar-refractivity contribution < 1.29 is 31.2 Å². The lowest BCUT2D eigenvalue weighted by molar-refractivity contribution is -0.137. The Kier molecular flexibility index (Phi) is 6.53. The van der Waals surface area contributed by atoms with Gasteiger partial charge in [0.2, 0.25) is 11.8 Å². The molecule has 3 heterocycles. The molecule has 2 aliphatic heterocycles. The van der Waals surface area contributed by atoms with Gasteiger partial charge in [0.05, 0.1) is 23.0 Å². The predicted molar refractivity (Wildman–Crippen MR) is 102 cm³/mol. The van der Waals surface area contributed by atoms with Gasteiger partial charge < -0.3 is 15.5 Å². The van der Waals surface area contributed by atoms with Crippen LogP contribution in [0.25, 0.3) is 0 Å². The summed E-state index contributed by atoms with van der Waals surface area (Å²) in [4.78, 5) is 29.7. The van der Waals surface area contributed by atoms with Crippen molar-refractivity contribution in [1.82, 2.24) is 15.2 Å². The largest absolute Gasteiger partial charge is 0.417 e. The van der Waals surface area contributed by atoms with Gasteiger partial charge in [0.15, 0.2) is 9.84 Å². The molecule has 2 unspecified atom stereocenters. The van der Waals surface area contributed by atoms with Crippen molar-refractivity contribution in [2.24, 2.45) is 5.92 Å². The summed E-state index contributed by atoms with van der Waals surface area (Å²) in [6.07, 6.45) is -2.69. The van der Waals surface area contributed by atoms with E-state index in [9.17, 15) is 31.2 Å². The summed E-state index contributed by atoms with van der Waals surface area (Å²) in [6.45, 7) is 0.946. The molecule has 1 aromatic heterocycles. The second-order valence-electron chi connectivity index (χ2n) is 7.51. The lowest BCUT2D eigenvalue weighted by Crippen LogP contribution is -2.39. The first-order valence-corrected chi connectivity index (χ1v) is 11.4. The zero-order valence-electron chi connectivity index (χ0n) is 16.1. The normalized spacial score (nSPS) is 23.6. The van der Waals surface area contributed by atoms with Crippen LogP contribution < -0.4 is 10.6 Å². The zero-order chi connectivity index (χ0) is 21.9. The van der Waals surface area contributed by atoms with E-state index in [2.05, 4.69) is 15.6 Å². The van der Waals surface area contributed by atoms with Crippen LogP contribution in [0.4, 0.5) is 19.0 Å². The smallest absolute Gasteiger partial charge is 0.370 e. The maximum atomic E-state index is 12.5. The maximum Gasteiger partial charge on any atom is 0.417 e. The fourth-order valence-corrected chi connectivity index (χ4v) is 5.34. The van der Waals surface area contributed by atoms with E-state index in [1.54, 1.807) is 0 Å². The van der Waals surface area contributed by atoms with Crippen molar-refractivity contribution in [3.8, 4) is 0 Å². The number of nitrogens with one attached hydrogen (secondary N) is 2. The number of likely N-dealkylation sites (tertiary alicyclic amines) is 1. The molecule has 2 saturated heterocycles. The quantitative estimate of drug-likeness (QED) is 0.604. The van der Waals surface area contributed by atoms with Gasteiger partial charge in [0.25, 0.3) is 0 Å². The van der Waals surface area contributed by atoms with E-state index in [0.29, 0.717) is 31.7 Å². The van der Waals surface area contributed by atoms with E-state index < -0.39 is 27.5 Å². The van der Waals surface area contributed by atoms with E-state index >= 15 is 0 Å². The lowest BCUT2D eigenvalue weighted by Gasteiger charge is -2.22. The molecule has 0 aromatic carbocycles. The van der Waals surface area contributed by atoms with Gasteiger partial charge in [-0.2, -0.15) is 13.2 Å². The average Bonchev–Trinajstić information content (AvgIpc) is 3.23. The number of carbonyl (C=O) groups is 2. The fourth-order valence-electron chi connectivity index (χ4n) is 3.61. The lowest BCUT2D eigenvalue weighted by atomic mass is 10.1. The Morgan fingerprint density at radius 2 is 2.03 bits per heavy atom. The van der Waals surface area contributed by atoms with Crippen molar-refractivity contribution in [2.75, 3.05) is 36.5 Å². The van der Waals surface area contributed by atoms with Gasteiger partial charge in [-0.3, -0.25) is 9.59 Å². The summed E-state index contributed by atoms with van der Waals surface area (Å²) >= 11 is 0. The number of anilines is 1. The van der Waals surface area contributed by atoms with Crippen LogP contribution in [0.1, 0.15) is 24.8 Å². The Morgan fingerprint density at radius 1 is 1.27 bits per heavy atom. The summed E-state index contributed by atoms with van der Waals surface area (Å²) in [7, 11) is -3.11. The molecule has 166 valence electrons. The summed E-state index contributed by atoms with van der Waals surface area (Å²) in [5, 5.41) is 5.62. The van der Waals surface area contributed by atoms with Crippen LogP contribution in [-0.4, -0.2) is 67.3 Å². The van der Waals surface area contributed by atoms with Crippen molar-refractivity contribution in [1.29, 1.82) is 0 Å². The first-order valence-electron chi connectivity index (χ1n) is 9.60. The Labute approximate surface area is 172 Å². The number of halogens is 3. The topological polar surface area (TPSA) is 108 Å². The first-order chi connectivity index (χ1) is 14.0.